The number of hydrogen-bond donors (Lipinski definition) is 2. The molecule has 1 aliphatic rings. The third kappa shape index (κ3) is 5.17. The van der Waals surface area contributed by atoms with E-state index >= 15 is 0 Å². The standard InChI is InChI=1S/C15H23N3O3S.ClH/c1-11-4-7-13(22(20,21)17-12-5-6-12)10-14(11)15(19)18(3)9-8-16-2;/h4,7,10,12,16-17H,5-6,8-9H2,1-3H3;1H. The van der Waals surface area contributed by atoms with Gasteiger partial charge in [0.1, 0.15) is 0 Å². The molecule has 0 unspecified atom stereocenters. The smallest absolute Gasteiger partial charge is 0.253 e. The minimum atomic E-state index is -3.55. The molecule has 0 bridgehead atoms. The van der Waals surface area contributed by atoms with Crippen LogP contribution in [0, 0.1) is 6.92 Å². The summed E-state index contributed by atoms with van der Waals surface area (Å²) < 4.78 is 27.2. The van der Waals surface area contributed by atoms with Crippen LogP contribution in [0.3, 0.4) is 0 Å². The molecule has 6 nitrogen and oxygen atoms in total. The molecule has 0 atom stereocenters. The zero-order valence-corrected chi connectivity index (χ0v) is 15.3. The van der Waals surface area contributed by atoms with Gasteiger partial charge in [0, 0.05) is 31.7 Å². The molecular weight excluding hydrogens is 338 g/mol. The molecule has 1 aromatic carbocycles. The number of rotatable bonds is 7. The molecule has 23 heavy (non-hydrogen) atoms. The Morgan fingerprint density at radius 1 is 1.35 bits per heavy atom. The number of sulfonamides is 1. The van der Waals surface area contributed by atoms with Crippen LogP contribution in [-0.2, 0) is 10.0 Å². The third-order valence-corrected chi connectivity index (χ3v) is 5.21. The van der Waals surface area contributed by atoms with E-state index in [9.17, 15) is 13.2 Å². The number of amides is 1. The number of carbonyl (C=O) groups is 1. The molecule has 1 aromatic rings. The van der Waals surface area contributed by atoms with Crippen LogP contribution < -0.4 is 10.0 Å². The molecule has 0 saturated heterocycles. The summed E-state index contributed by atoms with van der Waals surface area (Å²) in [4.78, 5) is 14.2. The molecule has 1 fully saturated rings. The molecule has 130 valence electrons. The lowest BCUT2D eigenvalue weighted by Gasteiger charge is -2.18. The topological polar surface area (TPSA) is 78.5 Å². The molecule has 0 radical (unpaired) electrons. The number of nitrogens with zero attached hydrogens (tertiary/aromatic N) is 1. The lowest BCUT2D eigenvalue weighted by Crippen LogP contribution is -2.33. The van der Waals surface area contributed by atoms with Gasteiger partial charge in [-0.25, -0.2) is 13.1 Å². The van der Waals surface area contributed by atoms with Crippen molar-refractivity contribution in [2.24, 2.45) is 0 Å². The van der Waals surface area contributed by atoms with E-state index in [1.165, 1.54) is 6.07 Å². The Kier molecular flexibility index (Phi) is 7.01. The Morgan fingerprint density at radius 3 is 2.57 bits per heavy atom. The molecule has 1 saturated carbocycles. The molecular formula is C15H24ClN3O3S. The first-order valence-corrected chi connectivity index (χ1v) is 8.86. The number of carbonyl (C=O) groups excluding carboxylic acids is 1. The number of hydrogen-bond acceptors (Lipinski definition) is 4. The summed E-state index contributed by atoms with van der Waals surface area (Å²) >= 11 is 0. The molecule has 2 rings (SSSR count). The van der Waals surface area contributed by atoms with Gasteiger partial charge in [-0.05, 0) is 44.5 Å². The number of benzene rings is 1. The average molecular weight is 362 g/mol. The van der Waals surface area contributed by atoms with Crippen molar-refractivity contribution >= 4 is 28.3 Å². The van der Waals surface area contributed by atoms with Gasteiger partial charge in [0.2, 0.25) is 10.0 Å². The van der Waals surface area contributed by atoms with Gasteiger partial charge >= 0.3 is 0 Å². The van der Waals surface area contributed by atoms with Gasteiger partial charge in [0.15, 0.2) is 0 Å². The molecule has 0 aliphatic heterocycles. The van der Waals surface area contributed by atoms with Crippen LogP contribution in [0.15, 0.2) is 23.1 Å². The van der Waals surface area contributed by atoms with Crippen molar-refractivity contribution in [3.63, 3.8) is 0 Å². The SMILES string of the molecule is CNCCN(C)C(=O)c1cc(S(=O)(=O)NC2CC2)ccc1C.Cl. The summed E-state index contributed by atoms with van der Waals surface area (Å²) in [6.07, 6.45) is 1.76. The van der Waals surface area contributed by atoms with Crippen LogP contribution in [0.1, 0.15) is 28.8 Å². The zero-order valence-electron chi connectivity index (χ0n) is 13.6. The number of nitrogens with one attached hydrogen (secondary N) is 2. The highest BCUT2D eigenvalue weighted by atomic mass is 35.5. The first-order valence-electron chi connectivity index (χ1n) is 7.38. The fourth-order valence-corrected chi connectivity index (χ4v) is 3.40. The highest BCUT2D eigenvalue weighted by Crippen LogP contribution is 2.23. The summed E-state index contributed by atoms with van der Waals surface area (Å²) in [7, 11) is -0.0147. The van der Waals surface area contributed by atoms with Crippen molar-refractivity contribution in [3.05, 3.63) is 29.3 Å². The summed E-state index contributed by atoms with van der Waals surface area (Å²) in [6.45, 7) is 3.05. The Balaban J connectivity index is 0.00000264. The number of likely N-dealkylation sites (N-methyl/N-ethyl adjacent to an activating group) is 2. The van der Waals surface area contributed by atoms with Gasteiger partial charge in [0.25, 0.3) is 5.91 Å². The van der Waals surface area contributed by atoms with Crippen molar-refractivity contribution in [1.82, 2.24) is 14.9 Å². The fourth-order valence-electron chi connectivity index (χ4n) is 2.07. The van der Waals surface area contributed by atoms with Gasteiger partial charge in [-0.3, -0.25) is 4.79 Å². The minimum absolute atomic E-state index is 0. The maximum Gasteiger partial charge on any atom is 0.253 e. The van der Waals surface area contributed by atoms with E-state index < -0.39 is 10.0 Å². The second-order valence-corrected chi connectivity index (χ2v) is 7.42. The molecule has 2 N–H and O–H groups in total. The normalized spacial score (nSPS) is 14.2. The van der Waals surface area contributed by atoms with Crippen molar-refractivity contribution in [1.29, 1.82) is 0 Å². The lowest BCUT2D eigenvalue weighted by molar-refractivity contribution is 0.0796. The third-order valence-electron chi connectivity index (χ3n) is 3.69. The van der Waals surface area contributed by atoms with E-state index in [1.807, 2.05) is 14.0 Å². The summed E-state index contributed by atoms with van der Waals surface area (Å²) in [5.41, 5.74) is 1.20. The lowest BCUT2D eigenvalue weighted by atomic mass is 10.1. The van der Waals surface area contributed by atoms with Crippen molar-refractivity contribution in [2.45, 2.75) is 30.7 Å². The molecule has 8 heteroatoms. The van der Waals surface area contributed by atoms with E-state index in [4.69, 9.17) is 0 Å². The highest BCUT2D eigenvalue weighted by molar-refractivity contribution is 7.89. The van der Waals surface area contributed by atoms with Crippen LogP contribution in [0.2, 0.25) is 0 Å². The Labute approximate surface area is 144 Å². The van der Waals surface area contributed by atoms with Gasteiger partial charge in [0.05, 0.1) is 4.90 Å². The number of aryl methyl sites for hydroxylation is 1. The fraction of sp³-hybridized carbons (Fsp3) is 0.533. The molecule has 0 spiro atoms. The monoisotopic (exact) mass is 361 g/mol. The van der Waals surface area contributed by atoms with E-state index in [2.05, 4.69) is 10.0 Å². The van der Waals surface area contributed by atoms with Crippen molar-refractivity contribution < 1.29 is 13.2 Å². The van der Waals surface area contributed by atoms with Gasteiger partial charge < -0.3 is 10.2 Å². The maximum absolute atomic E-state index is 12.5. The Morgan fingerprint density at radius 2 is 2.00 bits per heavy atom. The molecule has 1 amide bonds. The van der Waals surface area contributed by atoms with E-state index in [-0.39, 0.29) is 29.3 Å². The van der Waals surface area contributed by atoms with Crippen molar-refractivity contribution in [2.75, 3.05) is 27.2 Å². The van der Waals surface area contributed by atoms with Crippen LogP contribution in [0.5, 0.6) is 0 Å². The predicted octanol–water partition coefficient (Wildman–Crippen LogP) is 1.15. The largest absolute Gasteiger partial charge is 0.340 e. The summed E-state index contributed by atoms with van der Waals surface area (Å²) in [6, 6.07) is 4.74. The summed E-state index contributed by atoms with van der Waals surface area (Å²) in [5.74, 6) is -0.170. The van der Waals surface area contributed by atoms with Crippen LogP contribution in [0.25, 0.3) is 0 Å². The molecule has 0 aromatic heterocycles. The summed E-state index contributed by atoms with van der Waals surface area (Å²) in [5, 5.41) is 2.98. The maximum atomic E-state index is 12.5. The Hall–Kier alpha value is -1.15. The minimum Gasteiger partial charge on any atom is -0.340 e. The average Bonchev–Trinajstić information content (AvgIpc) is 3.27. The predicted molar refractivity (Wildman–Crippen MR) is 92.7 cm³/mol. The van der Waals surface area contributed by atoms with E-state index in [0.717, 1.165) is 18.4 Å². The Bertz CT molecular complexity index is 660. The van der Waals surface area contributed by atoms with Gasteiger partial charge in [-0.15, -0.1) is 12.4 Å². The highest BCUT2D eigenvalue weighted by Gasteiger charge is 2.28. The van der Waals surface area contributed by atoms with Crippen LogP contribution in [-0.4, -0.2) is 52.5 Å². The van der Waals surface area contributed by atoms with E-state index in [0.29, 0.717) is 18.7 Å². The quantitative estimate of drug-likeness (QED) is 0.763. The second-order valence-electron chi connectivity index (χ2n) is 5.70. The van der Waals surface area contributed by atoms with Gasteiger partial charge in [-0.1, -0.05) is 6.07 Å². The number of halogens is 1. The zero-order chi connectivity index (χ0) is 16.3. The van der Waals surface area contributed by atoms with Crippen LogP contribution in [0.4, 0.5) is 0 Å². The first kappa shape index (κ1) is 19.9. The van der Waals surface area contributed by atoms with Crippen molar-refractivity contribution in [3.8, 4) is 0 Å². The first-order chi connectivity index (χ1) is 10.3. The molecule has 1 aliphatic carbocycles. The molecule has 0 heterocycles. The van der Waals surface area contributed by atoms with Crippen LogP contribution >= 0.6 is 12.4 Å². The van der Waals surface area contributed by atoms with Gasteiger partial charge in [-0.2, -0.15) is 0 Å². The van der Waals surface area contributed by atoms with E-state index in [1.54, 1.807) is 24.1 Å². The second kappa shape index (κ2) is 8.10.